The number of halogens is 3. The molecule has 118 valence electrons. The Bertz CT molecular complexity index is 786. The summed E-state index contributed by atoms with van der Waals surface area (Å²) >= 11 is 0. The van der Waals surface area contributed by atoms with Gasteiger partial charge in [-0.15, -0.1) is 0 Å². The summed E-state index contributed by atoms with van der Waals surface area (Å²) < 4.78 is 64.6. The summed E-state index contributed by atoms with van der Waals surface area (Å²) in [6.07, 6.45) is -1.88. The molecule has 0 fully saturated rings. The van der Waals surface area contributed by atoms with Crippen LogP contribution in [-0.2, 0) is 29.2 Å². The fourth-order valence-corrected chi connectivity index (χ4v) is 3.73. The number of aromatic nitrogens is 3. The van der Waals surface area contributed by atoms with E-state index in [1.165, 1.54) is 24.5 Å². The number of pyridine rings is 1. The first kappa shape index (κ1) is 15.0. The molecule has 0 aliphatic carbocycles. The van der Waals surface area contributed by atoms with Crippen molar-refractivity contribution in [3.05, 3.63) is 41.5 Å². The van der Waals surface area contributed by atoms with Crippen LogP contribution in [0.2, 0.25) is 0 Å². The van der Waals surface area contributed by atoms with E-state index in [2.05, 4.69) is 15.2 Å². The van der Waals surface area contributed by atoms with Gasteiger partial charge in [-0.05, 0) is 12.1 Å². The lowest BCUT2D eigenvalue weighted by molar-refractivity contribution is -0.142. The topological polar surface area (TPSA) is 79.0 Å². The first-order valence-electron chi connectivity index (χ1n) is 6.33. The van der Waals surface area contributed by atoms with E-state index in [1.54, 1.807) is 0 Å². The van der Waals surface area contributed by atoms with Gasteiger partial charge in [0.2, 0.25) is 10.0 Å². The Kier molecular flexibility index (Phi) is 3.44. The van der Waals surface area contributed by atoms with Crippen LogP contribution in [0.4, 0.5) is 13.2 Å². The SMILES string of the molecule is O=S(=O)(c1cccnc1)N1CCc2[nH]nc(C(F)(F)F)c2C1. The Morgan fingerprint density at radius 1 is 1.32 bits per heavy atom. The van der Waals surface area contributed by atoms with Crippen LogP contribution in [0.3, 0.4) is 0 Å². The van der Waals surface area contributed by atoms with Crippen LogP contribution < -0.4 is 0 Å². The molecule has 10 heteroatoms. The number of H-pyrrole nitrogens is 1. The first-order chi connectivity index (χ1) is 10.3. The summed E-state index contributed by atoms with van der Waals surface area (Å²) in [6.45, 7) is -0.276. The highest BCUT2D eigenvalue weighted by Crippen LogP contribution is 2.35. The van der Waals surface area contributed by atoms with E-state index in [0.29, 0.717) is 5.69 Å². The predicted molar refractivity (Wildman–Crippen MR) is 69.1 cm³/mol. The average Bonchev–Trinajstić information content (AvgIpc) is 2.91. The molecule has 0 atom stereocenters. The zero-order valence-corrected chi connectivity index (χ0v) is 11.9. The van der Waals surface area contributed by atoms with Crippen molar-refractivity contribution in [3.63, 3.8) is 0 Å². The molecule has 3 rings (SSSR count). The number of nitrogens with zero attached hydrogens (tertiary/aromatic N) is 3. The van der Waals surface area contributed by atoms with Gasteiger partial charge in [0.25, 0.3) is 0 Å². The molecule has 1 aliphatic heterocycles. The van der Waals surface area contributed by atoms with Crippen molar-refractivity contribution in [2.45, 2.75) is 24.0 Å². The van der Waals surface area contributed by atoms with Gasteiger partial charge in [-0.3, -0.25) is 10.1 Å². The third kappa shape index (κ3) is 2.48. The molecule has 1 N–H and O–H groups in total. The number of aromatic amines is 1. The lowest BCUT2D eigenvalue weighted by Crippen LogP contribution is -2.36. The van der Waals surface area contributed by atoms with Gasteiger partial charge < -0.3 is 0 Å². The molecular formula is C12H11F3N4O2S. The fraction of sp³-hybridized carbons (Fsp3) is 0.333. The number of rotatable bonds is 2. The van der Waals surface area contributed by atoms with Crippen LogP contribution in [0.15, 0.2) is 29.4 Å². The van der Waals surface area contributed by atoms with Crippen LogP contribution in [0, 0.1) is 0 Å². The molecule has 0 bridgehead atoms. The zero-order chi connectivity index (χ0) is 16.0. The third-order valence-electron chi connectivity index (χ3n) is 3.44. The number of fused-ring (bicyclic) bond motifs is 1. The van der Waals surface area contributed by atoms with E-state index in [0.717, 1.165) is 4.31 Å². The second-order valence-corrected chi connectivity index (χ2v) is 6.74. The molecule has 2 aromatic rings. The zero-order valence-electron chi connectivity index (χ0n) is 11.1. The minimum atomic E-state index is -4.62. The monoisotopic (exact) mass is 332 g/mol. The molecular weight excluding hydrogens is 321 g/mol. The van der Waals surface area contributed by atoms with Gasteiger partial charge in [-0.2, -0.15) is 22.6 Å². The summed E-state index contributed by atoms with van der Waals surface area (Å²) in [5, 5.41) is 5.62. The fourth-order valence-electron chi connectivity index (χ4n) is 2.36. The average molecular weight is 332 g/mol. The van der Waals surface area contributed by atoms with Crippen molar-refractivity contribution in [2.75, 3.05) is 6.54 Å². The van der Waals surface area contributed by atoms with Gasteiger partial charge in [0.1, 0.15) is 4.90 Å². The molecule has 3 heterocycles. The first-order valence-corrected chi connectivity index (χ1v) is 7.77. The van der Waals surface area contributed by atoms with Crippen molar-refractivity contribution in [1.29, 1.82) is 0 Å². The minimum Gasteiger partial charge on any atom is -0.282 e. The Balaban J connectivity index is 1.96. The van der Waals surface area contributed by atoms with E-state index in [-0.39, 0.29) is 30.0 Å². The van der Waals surface area contributed by atoms with Gasteiger partial charge in [0.15, 0.2) is 5.69 Å². The summed E-state index contributed by atoms with van der Waals surface area (Å²) in [5.41, 5.74) is -0.857. The molecule has 22 heavy (non-hydrogen) atoms. The molecule has 0 amide bonds. The second-order valence-electron chi connectivity index (χ2n) is 4.80. The highest BCUT2D eigenvalue weighted by Gasteiger charge is 2.41. The third-order valence-corrected chi connectivity index (χ3v) is 5.27. The second kappa shape index (κ2) is 5.06. The Morgan fingerprint density at radius 3 is 2.73 bits per heavy atom. The normalized spacial score (nSPS) is 16.5. The van der Waals surface area contributed by atoms with E-state index in [4.69, 9.17) is 0 Å². The van der Waals surface area contributed by atoms with Crippen LogP contribution in [0.25, 0.3) is 0 Å². The van der Waals surface area contributed by atoms with Crippen LogP contribution in [0.5, 0.6) is 0 Å². The Hall–Kier alpha value is -1.94. The Labute approximate surface area is 124 Å². The highest BCUT2D eigenvalue weighted by molar-refractivity contribution is 7.89. The molecule has 0 unspecified atom stereocenters. The summed E-state index contributed by atoms with van der Waals surface area (Å²) in [5.74, 6) is 0. The predicted octanol–water partition coefficient (Wildman–Crippen LogP) is 1.57. The molecule has 1 aliphatic rings. The largest absolute Gasteiger partial charge is 0.435 e. The minimum absolute atomic E-state index is 0.0458. The van der Waals surface area contributed by atoms with E-state index in [9.17, 15) is 21.6 Å². The van der Waals surface area contributed by atoms with Crippen molar-refractivity contribution in [2.24, 2.45) is 0 Å². The number of sulfonamides is 1. The smallest absolute Gasteiger partial charge is 0.282 e. The van der Waals surface area contributed by atoms with Crippen molar-refractivity contribution in [1.82, 2.24) is 19.5 Å². The number of alkyl halides is 3. The lowest BCUT2D eigenvalue weighted by atomic mass is 10.1. The molecule has 0 radical (unpaired) electrons. The summed E-state index contributed by atoms with van der Waals surface area (Å²) in [4.78, 5) is 3.69. The van der Waals surface area contributed by atoms with Gasteiger partial charge in [-0.25, -0.2) is 8.42 Å². The maximum absolute atomic E-state index is 12.9. The molecule has 0 spiro atoms. The van der Waals surface area contributed by atoms with Crippen LogP contribution >= 0.6 is 0 Å². The molecule has 2 aromatic heterocycles. The van der Waals surface area contributed by atoms with Gasteiger partial charge in [-0.1, -0.05) is 0 Å². The molecule has 6 nitrogen and oxygen atoms in total. The van der Waals surface area contributed by atoms with Crippen LogP contribution in [0.1, 0.15) is 17.0 Å². The van der Waals surface area contributed by atoms with E-state index >= 15 is 0 Å². The molecule has 0 saturated heterocycles. The standard InChI is InChI=1S/C12H11F3N4O2S/c13-12(14,15)11-9-7-19(5-3-10(9)17-18-11)22(20,21)8-2-1-4-16-6-8/h1-2,4,6H,3,5,7H2,(H,17,18). The van der Waals surface area contributed by atoms with Crippen molar-refractivity contribution in [3.8, 4) is 0 Å². The van der Waals surface area contributed by atoms with Crippen molar-refractivity contribution < 1.29 is 21.6 Å². The van der Waals surface area contributed by atoms with Gasteiger partial charge >= 0.3 is 6.18 Å². The number of nitrogens with one attached hydrogen (secondary N) is 1. The van der Waals surface area contributed by atoms with Crippen LogP contribution in [-0.4, -0.2) is 34.4 Å². The summed E-state index contributed by atoms with van der Waals surface area (Å²) in [6, 6.07) is 2.82. The molecule has 0 aromatic carbocycles. The van der Waals surface area contributed by atoms with Gasteiger partial charge in [0.05, 0.1) is 0 Å². The van der Waals surface area contributed by atoms with E-state index < -0.39 is 21.9 Å². The van der Waals surface area contributed by atoms with Gasteiger partial charge in [0, 0.05) is 43.2 Å². The number of hydrogen-bond donors (Lipinski definition) is 1. The number of hydrogen-bond acceptors (Lipinski definition) is 4. The van der Waals surface area contributed by atoms with Crippen molar-refractivity contribution >= 4 is 10.0 Å². The van der Waals surface area contributed by atoms with E-state index in [1.807, 2.05) is 0 Å². The lowest BCUT2D eigenvalue weighted by Gasteiger charge is -2.26. The maximum Gasteiger partial charge on any atom is 0.435 e. The highest BCUT2D eigenvalue weighted by atomic mass is 32.2. The maximum atomic E-state index is 12.9. The quantitative estimate of drug-likeness (QED) is 0.905. The molecule has 0 saturated carbocycles. The summed E-state index contributed by atoms with van der Waals surface area (Å²) in [7, 11) is -3.88. The Morgan fingerprint density at radius 2 is 2.09 bits per heavy atom.